The number of thioether (sulfide) groups is 1. The standard InChI is InChI=1S/C27H31Cl2N3S/c1-5-30-17-9-11-20-24(13-17)33-25-14-18(31-6-2)10-12-21(25)26(20)27-22(28)15-19(16-23(27)29)32(7-3)8-4/h9-11,13-16,30-31H,5-8,12H2,1-4H3. The Hall–Kier alpha value is -2.01. The van der Waals surface area contributed by atoms with Gasteiger partial charge in [0.15, 0.2) is 0 Å². The molecule has 0 spiro atoms. The second kappa shape index (κ2) is 10.5. The van der Waals surface area contributed by atoms with Crippen molar-refractivity contribution in [2.24, 2.45) is 0 Å². The van der Waals surface area contributed by atoms with Crippen LogP contribution in [0, 0.1) is 0 Å². The lowest BCUT2D eigenvalue weighted by molar-refractivity contribution is 0.865. The summed E-state index contributed by atoms with van der Waals surface area (Å²) in [5.41, 5.74) is 7.89. The molecule has 1 heterocycles. The summed E-state index contributed by atoms with van der Waals surface area (Å²) in [6.07, 6.45) is 5.35. The molecular formula is C27H31Cl2N3S. The lowest BCUT2D eigenvalue weighted by atomic mass is 9.88. The lowest BCUT2D eigenvalue weighted by Gasteiger charge is -2.30. The monoisotopic (exact) mass is 499 g/mol. The SMILES string of the molecule is CCNC1=CCC2=C(c3c(Cl)cc(N(CC)CC)cc3Cl)c3ccc(NCC)cc3SC2=C1. The number of nitrogens with zero attached hydrogens (tertiary/aromatic N) is 1. The van der Waals surface area contributed by atoms with Gasteiger partial charge < -0.3 is 15.5 Å². The van der Waals surface area contributed by atoms with Crippen molar-refractivity contribution in [3.63, 3.8) is 0 Å². The first-order valence-corrected chi connectivity index (χ1v) is 13.3. The molecule has 0 saturated carbocycles. The fourth-order valence-corrected chi connectivity index (χ4v) is 6.37. The van der Waals surface area contributed by atoms with Crippen LogP contribution in [0.2, 0.25) is 10.0 Å². The summed E-state index contributed by atoms with van der Waals surface area (Å²) in [5.74, 6) is 0. The fraction of sp³-hybridized carbons (Fsp3) is 0.333. The van der Waals surface area contributed by atoms with Crippen molar-refractivity contribution < 1.29 is 0 Å². The molecule has 0 bridgehead atoms. The molecule has 0 unspecified atom stereocenters. The Kier molecular flexibility index (Phi) is 7.68. The Morgan fingerprint density at radius 1 is 0.939 bits per heavy atom. The summed E-state index contributed by atoms with van der Waals surface area (Å²) >= 11 is 15.8. The van der Waals surface area contributed by atoms with Gasteiger partial charge in [0, 0.05) is 58.6 Å². The van der Waals surface area contributed by atoms with Crippen LogP contribution in [0.15, 0.2) is 63.6 Å². The normalized spacial score (nSPS) is 14.8. The number of nitrogens with one attached hydrogen (secondary N) is 2. The zero-order valence-corrected chi connectivity index (χ0v) is 22.0. The highest BCUT2D eigenvalue weighted by atomic mass is 35.5. The first-order valence-electron chi connectivity index (χ1n) is 11.7. The molecule has 174 valence electrons. The van der Waals surface area contributed by atoms with Gasteiger partial charge in [-0.1, -0.05) is 47.1 Å². The third-order valence-corrected chi connectivity index (χ3v) is 7.79. The third kappa shape index (κ3) is 4.80. The molecule has 2 aromatic carbocycles. The van der Waals surface area contributed by atoms with E-state index < -0.39 is 0 Å². The fourth-order valence-electron chi connectivity index (χ4n) is 4.51. The van der Waals surface area contributed by atoms with Gasteiger partial charge in [-0.05, 0) is 81.2 Å². The quantitative estimate of drug-likeness (QED) is 0.385. The molecule has 2 aliphatic rings. The van der Waals surface area contributed by atoms with Gasteiger partial charge >= 0.3 is 0 Å². The van der Waals surface area contributed by atoms with Crippen LogP contribution in [0.25, 0.3) is 5.57 Å². The van der Waals surface area contributed by atoms with Gasteiger partial charge in [0.1, 0.15) is 0 Å². The summed E-state index contributed by atoms with van der Waals surface area (Å²) in [7, 11) is 0. The highest BCUT2D eigenvalue weighted by molar-refractivity contribution is 8.03. The zero-order valence-electron chi connectivity index (χ0n) is 19.7. The van der Waals surface area contributed by atoms with Crippen LogP contribution in [0.4, 0.5) is 11.4 Å². The van der Waals surface area contributed by atoms with E-state index in [0.717, 1.165) is 55.1 Å². The maximum atomic E-state index is 6.97. The smallest absolute Gasteiger partial charge is 0.0520 e. The van der Waals surface area contributed by atoms with Crippen LogP contribution in [-0.2, 0) is 0 Å². The average molecular weight is 501 g/mol. The summed E-state index contributed by atoms with van der Waals surface area (Å²) < 4.78 is 0. The number of halogens is 2. The van der Waals surface area contributed by atoms with Crippen molar-refractivity contribution in [2.45, 2.75) is 39.0 Å². The topological polar surface area (TPSA) is 27.3 Å². The predicted molar refractivity (Wildman–Crippen MR) is 147 cm³/mol. The molecule has 3 nitrogen and oxygen atoms in total. The van der Waals surface area contributed by atoms with E-state index in [1.54, 1.807) is 0 Å². The van der Waals surface area contributed by atoms with Crippen LogP contribution in [-0.4, -0.2) is 26.2 Å². The minimum atomic E-state index is 0.696. The van der Waals surface area contributed by atoms with E-state index in [2.05, 4.69) is 85.7 Å². The van der Waals surface area contributed by atoms with Crippen molar-refractivity contribution in [1.29, 1.82) is 0 Å². The van der Waals surface area contributed by atoms with Crippen molar-refractivity contribution in [1.82, 2.24) is 5.32 Å². The number of allylic oxidation sites excluding steroid dienone is 3. The average Bonchev–Trinajstić information content (AvgIpc) is 2.79. The molecule has 0 radical (unpaired) electrons. The summed E-state index contributed by atoms with van der Waals surface area (Å²) in [6.45, 7) is 12.1. The Bertz CT molecular complexity index is 1120. The maximum Gasteiger partial charge on any atom is 0.0520 e. The van der Waals surface area contributed by atoms with E-state index in [9.17, 15) is 0 Å². The number of anilines is 2. The second-order valence-electron chi connectivity index (χ2n) is 8.06. The van der Waals surface area contributed by atoms with Gasteiger partial charge in [0.2, 0.25) is 0 Å². The number of rotatable bonds is 8. The molecule has 0 fully saturated rings. The highest BCUT2D eigenvalue weighted by Crippen LogP contribution is 2.52. The molecule has 1 aliphatic heterocycles. The number of hydrogen-bond acceptors (Lipinski definition) is 4. The Morgan fingerprint density at radius 2 is 1.64 bits per heavy atom. The number of fused-ring (bicyclic) bond motifs is 2. The van der Waals surface area contributed by atoms with Gasteiger partial charge in [-0.2, -0.15) is 0 Å². The number of likely N-dealkylation sites (N-methyl/N-ethyl adjacent to an activating group) is 1. The Balaban J connectivity index is 1.91. The molecule has 1 aliphatic carbocycles. The van der Waals surface area contributed by atoms with Gasteiger partial charge in [-0.3, -0.25) is 0 Å². The van der Waals surface area contributed by atoms with Crippen molar-refractivity contribution in [2.75, 3.05) is 36.4 Å². The van der Waals surface area contributed by atoms with Gasteiger partial charge in [0.05, 0.1) is 10.0 Å². The predicted octanol–water partition coefficient (Wildman–Crippen LogP) is 7.96. The van der Waals surface area contributed by atoms with Crippen LogP contribution >= 0.6 is 35.0 Å². The molecular weight excluding hydrogens is 469 g/mol. The molecule has 0 atom stereocenters. The van der Waals surface area contributed by atoms with E-state index in [0.29, 0.717) is 10.0 Å². The summed E-state index contributed by atoms with van der Waals surface area (Å²) in [6, 6.07) is 10.7. The van der Waals surface area contributed by atoms with Crippen LogP contribution in [0.5, 0.6) is 0 Å². The number of benzene rings is 2. The first kappa shape index (κ1) is 24.1. The van der Waals surface area contributed by atoms with E-state index in [1.165, 1.54) is 26.6 Å². The minimum Gasteiger partial charge on any atom is -0.386 e. The maximum absolute atomic E-state index is 6.97. The summed E-state index contributed by atoms with van der Waals surface area (Å²) in [5, 5.41) is 8.29. The summed E-state index contributed by atoms with van der Waals surface area (Å²) in [4.78, 5) is 4.74. The van der Waals surface area contributed by atoms with Crippen molar-refractivity contribution >= 4 is 51.9 Å². The van der Waals surface area contributed by atoms with Crippen LogP contribution < -0.4 is 15.5 Å². The van der Waals surface area contributed by atoms with E-state index in [4.69, 9.17) is 23.2 Å². The van der Waals surface area contributed by atoms with Crippen molar-refractivity contribution in [3.05, 3.63) is 79.8 Å². The largest absolute Gasteiger partial charge is 0.386 e. The van der Waals surface area contributed by atoms with Gasteiger partial charge in [-0.25, -0.2) is 0 Å². The van der Waals surface area contributed by atoms with Crippen LogP contribution in [0.3, 0.4) is 0 Å². The van der Waals surface area contributed by atoms with E-state index in [1.807, 2.05) is 11.8 Å². The zero-order chi connectivity index (χ0) is 23.5. The Morgan fingerprint density at radius 3 is 2.27 bits per heavy atom. The minimum absolute atomic E-state index is 0.696. The Labute approximate surface area is 211 Å². The van der Waals surface area contributed by atoms with Crippen LogP contribution in [0.1, 0.15) is 45.2 Å². The molecule has 0 aromatic heterocycles. The van der Waals surface area contributed by atoms with Gasteiger partial charge in [0.25, 0.3) is 0 Å². The molecule has 33 heavy (non-hydrogen) atoms. The lowest BCUT2D eigenvalue weighted by Crippen LogP contribution is -2.21. The molecule has 0 saturated heterocycles. The number of hydrogen-bond donors (Lipinski definition) is 2. The molecule has 2 aromatic rings. The second-order valence-corrected chi connectivity index (χ2v) is 9.95. The molecule has 6 heteroatoms. The molecule has 4 rings (SSSR count). The molecule has 0 amide bonds. The van der Waals surface area contributed by atoms with E-state index in [-0.39, 0.29) is 0 Å². The van der Waals surface area contributed by atoms with Crippen molar-refractivity contribution in [3.8, 4) is 0 Å². The van der Waals surface area contributed by atoms with E-state index >= 15 is 0 Å². The first-order chi connectivity index (χ1) is 16.0. The third-order valence-electron chi connectivity index (χ3n) is 6.05. The highest BCUT2D eigenvalue weighted by Gasteiger charge is 2.29. The van der Waals surface area contributed by atoms with Gasteiger partial charge in [-0.15, -0.1) is 0 Å². The molecule has 2 N–H and O–H groups in total.